The number of hydrogen-bond donors (Lipinski definition) is 0. The van der Waals surface area contributed by atoms with Crippen molar-refractivity contribution in [3.05, 3.63) is 0 Å². The molecule has 2 heterocycles. The summed E-state index contributed by atoms with van der Waals surface area (Å²) in [6.45, 7) is 13.9. The summed E-state index contributed by atoms with van der Waals surface area (Å²) in [6, 6.07) is 0. The number of amides is 2. The van der Waals surface area contributed by atoms with Gasteiger partial charge >= 0.3 is 6.09 Å². The lowest BCUT2D eigenvalue weighted by Gasteiger charge is -2.35. The van der Waals surface area contributed by atoms with Crippen molar-refractivity contribution >= 4 is 12.0 Å². The fraction of sp³-hybridized carbons (Fsp3) is 0.905. The third-order valence-electron chi connectivity index (χ3n) is 5.25. The molecule has 2 amide bonds. The van der Waals surface area contributed by atoms with Crippen LogP contribution < -0.4 is 0 Å². The number of carbonyl (C=O) groups is 2. The van der Waals surface area contributed by atoms with E-state index in [0.717, 1.165) is 65.0 Å². The molecule has 0 saturated carbocycles. The van der Waals surface area contributed by atoms with Gasteiger partial charge in [0.15, 0.2) is 0 Å². The first-order valence-electron chi connectivity index (χ1n) is 10.9. The Balaban J connectivity index is 1.66. The normalized spacial score (nSPS) is 22.1. The molecular formula is C21H39N3O4. The van der Waals surface area contributed by atoms with E-state index in [0.29, 0.717) is 25.6 Å². The molecule has 0 aromatic carbocycles. The first-order chi connectivity index (χ1) is 13.3. The van der Waals surface area contributed by atoms with Gasteiger partial charge in [0.05, 0.1) is 6.10 Å². The van der Waals surface area contributed by atoms with E-state index < -0.39 is 5.60 Å². The molecule has 2 aliphatic rings. The molecule has 0 aromatic rings. The molecule has 2 fully saturated rings. The average molecular weight is 398 g/mol. The van der Waals surface area contributed by atoms with E-state index in [1.807, 2.05) is 25.7 Å². The van der Waals surface area contributed by atoms with E-state index in [1.165, 1.54) is 0 Å². The number of carbonyl (C=O) groups excluding carboxylic acids is 2. The molecule has 2 aliphatic heterocycles. The molecule has 0 spiro atoms. The van der Waals surface area contributed by atoms with Gasteiger partial charge in [-0.1, -0.05) is 6.92 Å². The highest BCUT2D eigenvalue weighted by Gasteiger charge is 2.26. The van der Waals surface area contributed by atoms with Crippen LogP contribution in [0.5, 0.6) is 0 Å². The van der Waals surface area contributed by atoms with Crippen LogP contribution >= 0.6 is 0 Å². The molecule has 1 unspecified atom stereocenters. The molecule has 0 bridgehead atoms. The van der Waals surface area contributed by atoms with Gasteiger partial charge in [0.1, 0.15) is 5.60 Å². The fourth-order valence-corrected chi connectivity index (χ4v) is 3.66. The molecule has 1 atom stereocenters. The van der Waals surface area contributed by atoms with Gasteiger partial charge in [0, 0.05) is 58.8 Å². The SMILES string of the molecule is CCCOC1CCCN(C(=O)CCN2CCN(C(=O)OC(C)(C)C)CC2)CC1. The molecule has 0 radical (unpaired) electrons. The van der Waals surface area contributed by atoms with E-state index in [2.05, 4.69) is 11.8 Å². The van der Waals surface area contributed by atoms with Crippen LogP contribution in [0.25, 0.3) is 0 Å². The number of likely N-dealkylation sites (tertiary alicyclic amines) is 1. The lowest BCUT2D eigenvalue weighted by molar-refractivity contribution is -0.131. The van der Waals surface area contributed by atoms with Crippen LogP contribution in [0.1, 0.15) is 59.8 Å². The number of nitrogens with zero attached hydrogens (tertiary/aromatic N) is 3. The van der Waals surface area contributed by atoms with Gasteiger partial charge in [-0.25, -0.2) is 4.79 Å². The second-order valence-electron chi connectivity index (χ2n) is 8.86. The van der Waals surface area contributed by atoms with Crippen LogP contribution in [0, 0.1) is 0 Å². The summed E-state index contributed by atoms with van der Waals surface area (Å²) < 4.78 is 11.3. The summed E-state index contributed by atoms with van der Waals surface area (Å²) in [6.07, 6.45) is 4.67. The smallest absolute Gasteiger partial charge is 0.410 e. The second-order valence-corrected chi connectivity index (χ2v) is 8.86. The van der Waals surface area contributed by atoms with E-state index in [4.69, 9.17) is 9.47 Å². The lowest BCUT2D eigenvalue weighted by atomic mass is 10.2. The van der Waals surface area contributed by atoms with Gasteiger partial charge in [-0.3, -0.25) is 9.69 Å². The zero-order valence-electron chi connectivity index (χ0n) is 18.2. The van der Waals surface area contributed by atoms with Crippen molar-refractivity contribution in [2.24, 2.45) is 0 Å². The van der Waals surface area contributed by atoms with Crippen LogP contribution in [-0.2, 0) is 14.3 Å². The topological polar surface area (TPSA) is 62.3 Å². The van der Waals surface area contributed by atoms with Crippen molar-refractivity contribution in [2.45, 2.75) is 71.5 Å². The molecule has 7 nitrogen and oxygen atoms in total. The van der Waals surface area contributed by atoms with Crippen molar-refractivity contribution in [1.29, 1.82) is 0 Å². The third-order valence-corrected chi connectivity index (χ3v) is 5.25. The average Bonchev–Trinajstić information content (AvgIpc) is 2.89. The Morgan fingerprint density at radius 2 is 1.68 bits per heavy atom. The quantitative estimate of drug-likeness (QED) is 0.690. The zero-order chi connectivity index (χ0) is 20.6. The predicted molar refractivity (Wildman–Crippen MR) is 109 cm³/mol. The van der Waals surface area contributed by atoms with Crippen molar-refractivity contribution in [1.82, 2.24) is 14.7 Å². The Labute approximate surface area is 170 Å². The van der Waals surface area contributed by atoms with E-state index in [1.54, 1.807) is 4.90 Å². The molecule has 0 aliphatic carbocycles. The minimum Gasteiger partial charge on any atom is -0.444 e. The highest BCUT2D eigenvalue weighted by Crippen LogP contribution is 2.16. The Bertz CT molecular complexity index is 498. The summed E-state index contributed by atoms with van der Waals surface area (Å²) in [4.78, 5) is 30.8. The van der Waals surface area contributed by atoms with Crippen molar-refractivity contribution < 1.29 is 19.1 Å². The minimum absolute atomic E-state index is 0.241. The van der Waals surface area contributed by atoms with Crippen molar-refractivity contribution in [3.63, 3.8) is 0 Å². The zero-order valence-corrected chi connectivity index (χ0v) is 18.2. The molecule has 28 heavy (non-hydrogen) atoms. The summed E-state index contributed by atoms with van der Waals surface area (Å²) >= 11 is 0. The monoisotopic (exact) mass is 397 g/mol. The number of hydrogen-bond acceptors (Lipinski definition) is 5. The molecule has 2 saturated heterocycles. The Morgan fingerprint density at radius 1 is 0.964 bits per heavy atom. The predicted octanol–water partition coefficient (Wildman–Crippen LogP) is 2.74. The number of ether oxygens (including phenoxy) is 2. The first-order valence-corrected chi connectivity index (χ1v) is 10.9. The summed E-state index contributed by atoms with van der Waals surface area (Å²) in [5.74, 6) is 0.241. The van der Waals surface area contributed by atoms with Crippen LogP contribution in [0.2, 0.25) is 0 Å². The molecule has 2 rings (SSSR count). The summed E-state index contributed by atoms with van der Waals surface area (Å²) in [7, 11) is 0. The van der Waals surface area contributed by atoms with Gasteiger partial charge in [-0.2, -0.15) is 0 Å². The van der Waals surface area contributed by atoms with Crippen LogP contribution in [0.3, 0.4) is 0 Å². The molecule has 7 heteroatoms. The van der Waals surface area contributed by atoms with E-state index >= 15 is 0 Å². The third kappa shape index (κ3) is 7.95. The molecule has 162 valence electrons. The minimum atomic E-state index is -0.464. The van der Waals surface area contributed by atoms with E-state index in [9.17, 15) is 9.59 Å². The van der Waals surface area contributed by atoms with Crippen LogP contribution in [0.15, 0.2) is 0 Å². The summed E-state index contributed by atoms with van der Waals surface area (Å²) in [5.41, 5.74) is -0.464. The first kappa shape index (κ1) is 22.9. The Morgan fingerprint density at radius 3 is 2.32 bits per heavy atom. The molecule has 0 N–H and O–H groups in total. The maximum atomic E-state index is 12.6. The highest BCUT2D eigenvalue weighted by molar-refractivity contribution is 5.76. The summed E-state index contributed by atoms with van der Waals surface area (Å²) in [5, 5.41) is 0. The second kappa shape index (κ2) is 11.0. The van der Waals surface area contributed by atoms with Crippen molar-refractivity contribution in [2.75, 3.05) is 52.4 Å². The van der Waals surface area contributed by atoms with Crippen LogP contribution in [-0.4, -0.2) is 90.8 Å². The number of rotatable bonds is 6. The van der Waals surface area contributed by atoms with Gasteiger partial charge in [0.25, 0.3) is 0 Å². The fourth-order valence-electron chi connectivity index (χ4n) is 3.66. The Kier molecular flexibility index (Phi) is 9.02. The van der Waals surface area contributed by atoms with Gasteiger partial charge in [-0.05, 0) is 46.5 Å². The lowest BCUT2D eigenvalue weighted by Crippen LogP contribution is -2.50. The van der Waals surface area contributed by atoms with Crippen LogP contribution in [0.4, 0.5) is 4.79 Å². The number of piperazine rings is 1. The maximum Gasteiger partial charge on any atom is 0.410 e. The van der Waals surface area contributed by atoms with Crippen molar-refractivity contribution in [3.8, 4) is 0 Å². The van der Waals surface area contributed by atoms with E-state index in [-0.39, 0.29) is 12.0 Å². The highest BCUT2D eigenvalue weighted by atomic mass is 16.6. The van der Waals surface area contributed by atoms with Gasteiger partial charge in [0.2, 0.25) is 5.91 Å². The maximum absolute atomic E-state index is 12.6. The largest absolute Gasteiger partial charge is 0.444 e. The standard InChI is InChI=1S/C21H39N3O4/c1-5-17-27-18-7-6-10-23(12-8-18)19(25)9-11-22-13-15-24(16-14-22)20(26)28-21(2,3)4/h18H,5-17H2,1-4H3. The Hall–Kier alpha value is -1.34. The molecule has 0 aromatic heterocycles. The molecular weight excluding hydrogens is 358 g/mol. The van der Waals surface area contributed by atoms with Gasteiger partial charge in [-0.15, -0.1) is 0 Å². The van der Waals surface area contributed by atoms with Gasteiger partial charge < -0.3 is 19.3 Å².